The first-order chi connectivity index (χ1) is 6.68. The molecule has 1 rings (SSSR count). The number of hydrogen-bond donors (Lipinski definition) is 2. The molecule has 1 heterocycles. The Balaban J connectivity index is 3.18. The molecule has 0 saturated carbocycles. The van der Waals surface area contributed by atoms with Crippen LogP contribution in [0.25, 0.3) is 0 Å². The third-order valence-corrected chi connectivity index (χ3v) is 2.12. The van der Waals surface area contributed by atoms with Gasteiger partial charge in [0, 0.05) is 13.6 Å². The lowest BCUT2D eigenvalue weighted by Gasteiger charge is -2.20. The van der Waals surface area contributed by atoms with Crippen LogP contribution in [0.5, 0.6) is 0 Å². The van der Waals surface area contributed by atoms with Crippen molar-refractivity contribution in [3.63, 3.8) is 0 Å². The van der Waals surface area contributed by atoms with Gasteiger partial charge in [-0.25, -0.2) is 0 Å². The molecule has 15 heavy (non-hydrogen) atoms. The van der Waals surface area contributed by atoms with Crippen LogP contribution in [0.4, 0.5) is 13.2 Å². The average Bonchev–Trinajstić information content (AvgIpc) is 2.47. The van der Waals surface area contributed by atoms with Crippen LogP contribution in [-0.4, -0.2) is 21.4 Å². The quantitative estimate of drug-likeness (QED) is 0.771. The normalized spacial score (nSPS) is 16.5. The number of nitrogens with zero attached hydrogens (tertiary/aromatic N) is 2. The largest absolute Gasteiger partial charge is 0.435 e. The van der Waals surface area contributed by atoms with Gasteiger partial charge in [-0.05, 0) is 13.0 Å². The van der Waals surface area contributed by atoms with Crippen molar-refractivity contribution >= 4 is 0 Å². The van der Waals surface area contributed by atoms with Gasteiger partial charge in [0.15, 0.2) is 5.69 Å². The molecule has 0 aliphatic rings. The van der Waals surface area contributed by atoms with Crippen LogP contribution in [0, 0.1) is 0 Å². The fraction of sp³-hybridized carbons (Fsp3) is 0.625. The van der Waals surface area contributed by atoms with Gasteiger partial charge in [0.2, 0.25) is 0 Å². The molecule has 86 valence electrons. The maximum atomic E-state index is 12.3. The van der Waals surface area contributed by atoms with E-state index in [1.165, 1.54) is 14.0 Å². The third-order valence-electron chi connectivity index (χ3n) is 2.12. The highest BCUT2D eigenvalue weighted by molar-refractivity contribution is 5.19. The molecule has 0 radical (unpaired) electrons. The summed E-state index contributed by atoms with van der Waals surface area (Å²) in [6, 6.07) is 0.798. The van der Waals surface area contributed by atoms with Crippen molar-refractivity contribution in [1.82, 2.24) is 9.78 Å². The molecule has 1 unspecified atom stereocenters. The average molecular weight is 223 g/mol. The standard InChI is InChI=1S/C8H12F3N3O/c1-7(15,4-12)6-3-5(8(9,10)11)13-14(6)2/h3,15H,4,12H2,1-2H3. The minimum Gasteiger partial charge on any atom is -0.383 e. The van der Waals surface area contributed by atoms with Gasteiger partial charge >= 0.3 is 6.18 Å². The topological polar surface area (TPSA) is 64.1 Å². The number of aliphatic hydroxyl groups is 1. The van der Waals surface area contributed by atoms with Gasteiger partial charge in [0.1, 0.15) is 5.60 Å². The second-order valence-corrected chi connectivity index (χ2v) is 3.51. The van der Waals surface area contributed by atoms with Crippen LogP contribution in [0.1, 0.15) is 18.3 Å². The molecule has 0 fully saturated rings. The van der Waals surface area contributed by atoms with E-state index in [9.17, 15) is 18.3 Å². The Morgan fingerprint density at radius 3 is 2.40 bits per heavy atom. The Morgan fingerprint density at radius 2 is 2.07 bits per heavy atom. The smallest absolute Gasteiger partial charge is 0.383 e. The van der Waals surface area contributed by atoms with Crippen molar-refractivity contribution in [3.05, 3.63) is 17.5 Å². The lowest BCUT2D eigenvalue weighted by molar-refractivity contribution is -0.141. The molecular weight excluding hydrogens is 211 g/mol. The Morgan fingerprint density at radius 1 is 1.53 bits per heavy atom. The summed E-state index contributed by atoms with van der Waals surface area (Å²) >= 11 is 0. The fourth-order valence-corrected chi connectivity index (χ4v) is 1.21. The van der Waals surface area contributed by atoms with Gasteiger partial charge in [-0.15, -0.1) is 0 Å². The molecule has 7 heteroatoms. The highest BCUT2D eigenvalue weighted by atomic mass is 19.4. The van der Waals surface area contributed by atoms with E-state index in [0.29, 0.717) is 0 Å². The van der Waals surface area contributed by atoms with Crippen molar-refractivity contribution in [2.24, 2.45) is 12.8 Å². The molecule has 0 saturated heterocycles. The molecule has 0 aliphatic carbocycles. The lowest BCUT2D eigenvalue weighted by Crippen LogP contribution is -2.33. The second-order valence-electron chi connectivity index (χ2n) is 3.51. The summed E-state index contributed by atoms with van der Waals surface area (Å²) in [6.07, 6.45) is -4.51. The van der Waals surface area contributed by atoms with Gasteiger partial charge in [-0.1, -0.05) is 0 Å². The molecular formula is C8H12F3N3O. The highest BCUT2D eigenvalue weighted by Crippen LogP contribution is 2.30. The van der Waals surface area contributed by atoms with Crippen molar-refractivity contribution in [2.75, 3.05) is 6.54 Å². The zero-order valence-corrected chi connectivity index (χ0v) is 8.34. The van der Waals surface area contributed by atoms with Gasteiger partial charge in [0.05, 0.1) is 5.69 Å². The minimum absolute atomic E-state index is 0.0392. The number of nitrogens with two attached hydrogens (primary N) is 1. The lowest BCUT2D eigenvalue weighted by atomic mass is 10.0. The number of aryl methyl sites for hydroxylation is 1. The molecule has 4 nitrogen and oxygen atoms in total. The van der Waals surface area contributed by atoms with Crippen LogP contribution in [0.3, 0.4) is 0 Å². The van der Waals surface area contributed by atoms with Crippen molar-refractivity contribution in [2.45, 2.75) is 18.7 Å². The van der Waals surface area contributed by atoms with Crippen LogP contribution in [-0.2, 0) is 18.8 Å². The van der Waals surface area contributed by atoms with E-state index in [1.807, 2.05) is 0 Å². The molecule has 1 atom stereocenters. The molecule has 1 aromatic heterocycles. The summed E-state index contributed by atoms with van der Waals surface area (Å²) in [7, 11) is 1.33. The summed E-state index contributed by atoms with van der Waals surface area (Å²) in [4.78, 5) is 0. The van der Waals surface area contributed by atoms with Crippen LogP contribution in [0.15, 0.2) is 6.07 Å². The van der Waals surface area contributed by atoms with E-state index in [2.05, 4.69) is 5.10 Å². The molecule has 0 aromatic carbocycles. The molecule has 0 spiro atoms. The van der Waals surface area contributed by atoms with E-state index in [-0.39, 0.29) is 12.2 Å². The van der Waals surface area contributed by atoms with E-state index in [4.69, 9.17) is 5.73 Å². The molecule has 0 amide bonds. The zero-order chi connectivity index (χ0) is 11.9. The molecule has 0 bridgehead atoms. The number of aromatic nitrogens is 2. The van der Waals surface area contributed by atoms with Crippen LogP contribution in [0.2, 0.25) is 0 Å². The Labute approximate surface area is 84.5 Å². The Kier molecular flexibility index (Phi) is 2.79. The highest BCUT2D eigenvalue weighted by Gasteiger charge is 2.37. The number of rotatable bonds is 2. The first-order valence-corrected chi connectivity index (χ1v) is 4.22. The minimum atomic E-state index is -4.51. The molecule has 0 aliphatic heterocycles. The van der Waals surface area contributed by atoms with Crippen molar-refractivity contribution < 1.29 is 18.3 Å². The number of alkyl halides is 3. The zero-order valence-electron chi connectivity index (χ0n) is 8.34. The van der Waals surface area contributed by atoms with Gasteiger partial charge in [0.25, 0.3) is 0 Å². The van der Waals surface area contributed by atoms with Crippen LogP contribution < -0.4 is 5.73 Å². The fourth-order valence-electron chi connectivity index (χ4n) is 1.21. The van der Waals surface area contributed by atoms with Gasteiger partial charge in [-0.2, -0.15) is 18.3 Å². The molecule has 1 aromatic rings. The first kappa shape index (κ1) is 12.0. The van der Waals surface area contributed by atoms with Crippen molar-refractivity contribution in [1.29, 1.82) is 0 Å². The first-order valence-electron chi connectivity index (χ1n) is 4.22. The summed E-state index contributed by atoms with van der Waals surface area (Å²) in [5.41, 5.74) is 2.75. The second kappa shape index (κ2) is 3.49. The van der Waals surface area contributed by atoms with Crippen molar-refractivity contribution in [3.8, 4) is 0 Å². The maximum absolute atomic E-state index is 12.3. The monoisotopic (exact) mass is 223 g/mol. The van der Waals surface area contributed by atoms with E-state index in [0.717, 1.165) is 10.7 Å². The summed E-state index contributed by atoms with van der Waals surface area (Å²) < 4.78 is 37.8. The predicted octanol–water partition coefficient (Wildman–Crippen LogP) is 0.605. The van der Waals surface area contributed by atoms with E-state index < -0.39 is 17.5 Å². The summed E-state index contributed by atoms with van der Waals surface area (Å²) in [6.45, 7) is 1.16. The van der Waals surface area contributed by atoms with Gasteiger partial charge < -0.3 is 10.8 Å². The van der Waals surface area contributed by atoms with E-state index in [1.54, 1.807) is 0 Å². The van der Waals surface area contributed by atoms with E-state index >= 15 is 0 Å². The SMILES string of the molecule is Cn1nc(C(F)(F)F)cc1C(C)(O)CN. The molecule has 3 N–H and O–H groups in total. The van der Waals surface area contributed by atoms with Crippen LogP contribution >= 0.6 is 0 Å². The predicted molar refractivity (Wildman–Crippen MR) is 46.8 cm³/mol. The third kappa shape index (κ3) is 2.29. The number of hydrogen-bond acceptors (Lipinski definition) is 3. The number of halogens is 3. The maximum Gasteiger partial charge on any atom is 0.435 e. The summed E-state index contributed by atoms with van der Waals surface area (Å²) in [5, 5.41) is 13.0. The van der Waals surface area contributed by atoms with Gasteiger partial charge in [-0.3, -0.25) is 4.68 Å². The summed E-state index contributed by atoms with van der Waals surface area (Å²) in [5.74, 6) is 0. The Bertz CT molecular complexity index is 357. The Hall–Kier alpha value is -1.08.